The zero-order chi connectivity index (χ0) is 41.9. The summed E-state index contributed by atoms with van der Waals surface area (Å²) in [5, 5.41) is 1.73. The van der Waals surface area contributed by atoms with Crippen molar-refractivity contribution >= 4 is 29.3 Å². The highest BCUT2D eigenvalue weighted by atomic mass is 31.2. The Kier molecular flexibility index (Phi) is 8.81. The Hall–Kier alpha value is -7.77. The quantitative estimate of drug-likeness (QED) is 0.156. The molecule has 2 aliphatic heterocycles. The number of anilines is 2. The summed E-state index contributed by atoms with van der Waals surface area (Å²) in [5.74, 6) is 0. The lowest BCUT2D eigenvalue weighted by Gasteiger charge is -2.44. The minimum atomic E-state index is -3.40. The van der Waals surface area contributed by atoms with Crippen molar-refractivity contribution in [1.29, 1.82) is 0 Å². The first kappa shape index (κ1) is 37.0. The van der Waals surface area contributed by atoms with Crippen LogP contribution in [0.4, 0.5) is 11.4 Å². The topological polar surface area (TPSA) is 20.3 Å². The summed E-state index contributed by atoms with van der Waals surface area (Å²) in [6.45, 7) is 0. The largest absolute Gasteiger partial charge is 0.289 e. The Labute approximate surface area is 368 Å². The molecule has 12 rings (SSSR count). The molecule has 2 nitrogen and oxygen atoms in total. The molecule has 0 aromatic heterocycles. The Morgan fingerprint density at radius 2 is 0.571 bits per heavy atom. The molecule has 0 saturated heterocycles. The third-order valence-corrected chi connectivity index (χ3v) is 15.9. The molecule has 2 heterocycles. The van der Waals surface area contributed by atoms with Crippen LogP contribution in [0.1, 0.15) is 0 Å². The number of hydrogen-bond acceptors (Lipinski definition) is 1. The van der Waals surface area contributed by atoms with Crippen LogP contribution < -0.4 is 15.3 Å². The fraction of sp³-hybridized carbons (Fsp3) is 0. The van der Waals surface area contributed by atoms with Crippen LogP contribution in [-0.4, -0.2) is 0 Å². The van der Waals surface area contributed by atoms with Crippen molar-refractivity contribution in [2.75, 3.05) is 4.67 Å². The van der Waals surface area contributed by atoms with Crippen molar-refractivity contribution in [2.45, 2.75) is 0 Å². The normalized spacial score (nSPS) is 12.9. The van der Waals surface area contributed by atoms with Crippen molar-refractivity contribution in [3.05, 3.63) is 243 Å². The van der Waals surface area contributed by atoms with Gasteiger partial charge < -0.3 is 0 Å². The van der Waals surface area contributed by atoms with Crippen molar-refractivity contribution in [3.8, 4) is 89.0 Å². The number of nitrogens with zero attached hydrogens (tertiary/aromatic N) is 1. The number of fused-ring (bicyclic) bond motifs is 11. The predicted octanol–water partition coefficient (Wildman–Crippen LogP) is 15.7. The Balaban J connectivity index is 1.05. The molecule has 0 aliphatic carbocycles. The van der Waals surface area contributed by atoms with Crippen molar-refractivity contribution in [1.82, 2.24) is 0 Å². The molecule has 0 fully saturated rings. The molecular weight excluding hydrogens is 782 g/mol. The van der Waals surface area contributed by atoms with Gasteiger partial charge in [-0.1, -0.05) is 194 Å². The van der Waals surface area contributed by atoms with Gasteiger partial charge in [0.25, 0.3) is 0 Å². The predicted molar refractivity (Wildman–Crippen MR) is 265 cm³/mol. The molecule has 0 radical (unpaired) electrons. The van der Waals surface area contributed by atoms with Crippen molar-refractivity contribution < 1.29 is 4.57 Å². The van der Waals surface area contributed by atoms with E-state index in [0.717, 1.165) is 77.6 Å². The fourth-order valence-electron chi connectivity index (χ4n) is 9.84. The SMILES string of the molecule is O=P12c3ccccc3-c3cc(-c4ccc(-c5ccccc5)cc4-c4ccccc4)ccc3N1c1ccc(-c3ccc(-c4ccccc4)cc3-c3ccccc3)cc1-c1ccccc12. The Morgan fingerprint density at radius 3 is 0.984 bits per heavy atom. The van der Waals surface area contributed by atoms with Crippen LogP contribution >= 0.6 is 7.29 Å². The van der Waals surface area contributed by atoms with E-state index >= 15 is 4.57 Å². The highest BCUT2D eigenvalue weighted by Crippen LogP contribution is 2.66. The lowest BCUT2D eigenvalue weighted by atomic mass is 9.88. The van der Waals surface area contributed by atoms with Gasteiger partial charge >= 0.3 is 0 Å². The van der Waals surface area contributed by atoms with Gasteiger partial charge in [-0.25, -0.2) is 0 Å². The van der Waals surface area contributed by atoms with Crippen LogP contribution in [0, 0.1) is 0 Å². The van der Waals surface area contributed by atoms with Gasteiger partial charge in [0.2, 0.25) is 7.29 Å². The summed E-state index contributed by atoms with van der Waals surface area (Å²) in [6.07, 6.45) is 0. The van der Waals surface area contributed by atoms with Gasteiger partial charge in [-0.3, -0.25) is 9.24 Å². The Bertz CT molecular complexity index is 3190. The second kappa shape index (κ2) is 15.0. The van der Waals surface area contributed by atoms with Crippen LogP contribution in [0.25, 0.3) is 89.0 Å². The van der Waals surface area contributed by atoms with E-state index in [1.54, 1.807) is 0 Å². The monoisotopic (exact) mass is 821 g/mol. The van der Waals surface area contributed by atoms with Gasteiger partial charge in [0.1, 0.15) is 0 Å². The molecule has 0 spiro atoms. The van der Waals surface area contributed by atoms with Crippen molar-refractivity contribution in [3.63, 3.8) is 0 Å². The first-order valence-corrected chi connectivity index (χ1v) is 23.2. The summed E-state index contributed by atoms with van der Waals surface area (Å²) >= 11 is 0. The van der Waals surface area contributed by atoms with Crippen LogP contribution in [0.3, 0.4) is 0 Å². The maximum atomic E-state index is 16.4. The minimum Gasteiger partial charge on any atom is -0.289 e. The third-order valence-electron chi connectivity index (χ3n) is 12.8. The van der Waals surface area contributed by atoms with Crippen LogP contribution in [0.5, 0.6) is 0 Å². The van der Waals surface area contributed by atoms with Crippen LogP contribution in [0.2, 0.25) is 0 Å². The summed E-state index contributed by atoms with van der Waals surface area (Å²) < 4.78 is 18.6. The highest BCUT2D eigenvalue weighted by molar-refractivity contribution is 7.81. The second-order valence-corrected chi connectivity index (χ2v) is 18.9. The van der Waals surface area contributed by atoms with Gasteiger partial charge in [-0.05, 0) is 126 Å². The molecular formula is C60H40NOP. The number of rotatable bonds is 6. The van der Waals surface area contributed by atoms with E-state index in [1.165, 1.54) is 33.4 Å². The van der Waals surface area contributed by atoms with Crippen LogP contribution in [-0.2, 0) is 4.57 Å². The van der Waals surface area contributed by atoms with E-state index in [9.17, 15) is 0 Å². The van der Waals surface area contributed by atoms with Crippen molar-refractivity contribution in [2.24, 2.45) is 0 Å². The first-order valence-electron chi connectivity index (χ1n) is 21.5. The molecule has 296 valence electrons. The smallest absolute Gasteiger partial charge is 0.235 e. The Morgan fingerprint density at radius 1 is 0.238 bits per heavy atom. The van der Waals surface area contributed by atoms with E-state index in [2.05, 4.69) is 235 Å². The highest BCUT2D eigenvalue weighted by Gasteiger charge is 2.47. The van der Waals surface area contributed by atoms with E-state index in [-0.39, 0.29) is 0 Å². The van der Waals surface area contributed by atoms with Gasteiger partial charge in [0.05, 0.1) is 11.4 Å². The third kappa shape index (κ3) is 6.06. The standard InChI is InChI=1S/C60H40NOP/c62-63-59-27-15-13-25-51(59)55-39-47(49-33-29-45(41-17-5-1-6-18-41)37-53(49)43-21-9-3-10-22-43)31-35-57(55)61(63)58-36-32-48(40-56(58)52-26-14-16-28-60(52)63)50-34-30-46(42-19-7-2-8-20-42)38-54(50)44-23-11-4-12-24-44/h1-40H. The summed E-state index contributed by atoms with van der Waals surface area (Å²) in [4.78, 5) is 0. The maximum Gasteiger partial charge on any atom is 0.235 e. The van der Waals surface area contributed by atoms with Gasteiger partial charge in [0.15, 0.2) is 0 Å². The maximum absolute atomic E-state index is 16.4. The molecule has 0 unspecified atom stereocenters. The molecule has 0 atom stereocenters. The molecule has 10 aromatic rings. The fourth-order valence-corrected chi connectivity index (χ4v) is 13.1. The lowest BCUT2D eigenvalue weighted by molar-refractivity contribution is 0.586. The van der Waals surface area contributed by atoms with E-state index in [4.69, 9.17) is 0 Å². The molecule has 3 heteroatoms. The van der Waals surface area contributed by atoms with Gasteiger partial charge in [-0.2, -0.15) is 0 Å². The average Bonchev–Trinajstić information content (AvgIpc) is 3.37. The minimum absolute atomic E-state index is 0.863. The first-order chi connectivity index (χ1) is 31.1. The molecule has 2 aliphatic rings. The molecule has 0 saturated carbocycles. The zero-order valence-corrected chi connectivity index (χ0v) is 35.3. The number of hydrogen-bond donors (Lipinski definition) is 0. The van der Waals surface area contributed by atoms with Crippen LogP contribution in [0.15, 0.2) is 243 Å². The number of benzene rings is 10. The average molecular weight is 822 g/mol. The molecule has 10 aromatic carbocycles. The second-order valence-electron chi connectivity index (χ2n) is 16.4. The molecule has 0 amide bonds. The lowest BCUT2D eigenvalue weighted by Crippen LogP contribution is -2.37. The molecule has 0 N–H and O–H groups in total. The molecule has 0 bridgehead atoms. The summed E-state index contributed by atoms with van der Waals surface area (Å²) in [7, 11) is -3.40. The summed E-state index contributed by atoms with van der Waals surface area (Å²) in [5.41, 5.74) is 20.0. The van der Waals surface area contributed by atoms with E-state index < -0.39 is 7.29 Å². The van der Waals surface area contributed by atoms with Gasteiger partial charge in [0, 0.05) is 21.7 Å². The van der Waals surface area contributed by atoms with E-state index in [0.29, 0.717) is 0 Å². The zero-order valence-electron chi connectivity index (χ0n) is 34.4. The van der Waals surface area contributed by atoms with E-state index in [1.807, 2.05) is 12.1 Å². The summed E-state index contributed by atoms with van der Waals surface area (Å²) in [6, 6.07) is 86.2. The van der Waals surface area contributed by atoms with Gasteiger partial charge in [-0.15, -0.1) is 0 Å². The molecule has 63 heavy (non-hydrogen) atoms.